The Morgan fingerprint density at radius 1 is 1.05 bits per heavy atom. The number of hydrogen-bond donors (Lipinski definition) is 3. The van der Waals surface area contributed by atoms with Crippen molar-refractivity contribution < 1.29 is 19.8 Å². The monoisotopic (exact) mass is 285 g/mol. The minimum Gasteiger partial charge on any atom is -0.480 e. The molecule has 0 aromatic heterocycles. The van der Waals surface area contributed by atoms with Gasteiger partial charge in [0.15, 0.2) is 0 Å². The number of carbonyl (C=O) groups is 2. The van der Waals surface area contributed by atoms with Crippen LogP contribution < -0.4 is 5.73 Å². The lowest BCUT2D eigenvalue weighted by atomic mass is 9.93. The zero-order valence-electron chi connectivity index (χ0n) is 11.2. The molecule has 5 nitrogen and oxygen atoms in total. The van der Waals surface area contributed by atoms with Crippen molar-refractivity contribution in [1.29, 1.82) is 0 Å². The summed E-state index contributed by atoms with van der Waals surface area (Å²) in [4.78, 5) is 22.2. The summed E-state index contributed by atoms with van der Waals surface area (Å²) >= 11 is 0. The molecule has 0 amide bonds. The van der Waals surface area contributed by atoms with E-state index in [0.29, 0.717) is 17.5 Å². The summed E-state index contributed by atoms with van der Waals surface area (Å²) in [5.41, 5.74) is 7.78. The van der Waals surface area contributed by atoms with Crippen LogP contribution in [-0.2, 0) is 11.2 Å². The Kier molecular flexibility index (Phi) is 4.35. The molecule has 0 bridgehead atoms. The van der Waals surface area contributed by atoms with E-state index in [1.807, 2.05) is 30.3 Å². The fraction of sp³-hybridized carbons (Fsp3) is 0.125. The summed E-state index contributed by atoms with van der Waals surface area (Å²) in [6, 6.07) is 12.5. The molecule has 2 aromatic carbocycles. The second-order valence-corrected chi connectivity index (χ2v) is 4.70. The smallest absolute Gasteiger partial charge is 0.335 e. The largest absolute Gasteiger partial charge is 0.480 e. The van der Waals surface area contributed by atoms with E-state index in [1.165, 1.54) is 18.2 Å². The number of benzene rings is 2. The average Bonchev–Trinajstić information content (AvgIpc) is 2.47. The van der Waals surface area contributed by atoms with Gasteiger partial charge < -0.3 is 15.9 Å². The normalized spacial score (nSPS) is 11.9. The molecule has 2 aromatic rings. The Morgan fingerprint density at radius 2 is 1.71 bits per heavy atom. The maximum absolute atomic E-state index is 11.1. The predicted octanol–water partition coefficient (Wildman–Crippen LogP) is 2.06. The molecule has 0 aliphatic carbocycles. The highest BCUT2D eigenvalue weighted by molar-refractivity contribution is 5.88. The molecule has 108 valence electrons. The lowest BCUT2D eigenvalue weighted by Crippen LogP contribution is -2.22. The molecule has 0 saturated carbocycles. The summed E-state index contributed by atoms with van der Waals surface area (Å²) in [5, 5.41) is 18.1. The third kappa shape index (κ3) is 3.46. The maximum atomic E-state index is 11.1. The summed E-state index contributed by atoms with van der Waals surface area (Å²) < 4.78 is 0. The number of nitrogens with two attached hydrogens (primary N) is 1. The van der Waals surface area contributed by atoms with E-state index in [1.54, 1.807) is 0 Å². The summed E-state index contributed by atoms with van der Waals surface area (Å²) in [6.07, 6.45) is 0.429. The van der Waals surface area contributed by atoms with Crippen LogP contribution in [0.25, 0.3) is 0 Å². The van der Waals surface area contributed by atoms with Gasteiger partial charge in [0.2, 0.25) is 0 Å². The van der Waals surface area contributed by atoms with Crippen LogP contribution in [0.15, 0.2) is 48.5 Å². The van der Waals surface area contributed by atoms with Gasteiger partial charge in [0, 0.05) is 0 Å². The first-order valence-corrected chi connectivity index (χ1v) is 6.37. The lowest BCUT2D eigenvalue weighted by molar-refractivity contribution is -0.138. The van der Waals surface area contributed by atoms with E-state index >= 15 is 0 Å². The molecular weight excluding hydrogens is 270 g/mol. The van der Waals surface area contributed by atoms with Gasteiger partial charge in [-0.15, -0.1) is 0 Å². The second-order valence-electron chi connectivity index (χ2n) is 4.70. The van der Waals surface area contributed by atoms with Crippen LogP contribution in [0.5, 0.6) is 0 Å². The van der Waals surface area contributed by atoms with Crippen molar-refractivity contribution in [3.05, 3.63) is 70.8 Å². The van der Waals surface area contributed by atoms with E-state index in [9.17, 15) is 9.59 Å². The fourth-order valence-corrected chi connectivity index (χ4v) is 2.14. The van der Waals surface area contributed by atoms with Crippen LogP contribution in [0.3, 0.4) is 0 Å². The summed E-state index contributed by atoms with van der Waals surface area (Å²) in [5.74, 6) is -2.20. The first-order valence-electron chi connectivity index (χ1n) is 6.37. The first-order chi connectivity index (χ1) is 9.99. The molecule has 5 heteroatoms. The van der Waals surface area contributed by atoms with Gasteiger partial charge in [-0.1, -0.05) is 36.4 Å². The van der Waals surface area contributed by atoms with Gasteiger partial charge in [-0.25, -0.2) is 4.79 Å². The standard InChI is InChI=1S/C16H15NO4/c17-14(16(20)21)13-7-6-11(15(18)19)9-12(13)8-10-4-2-1-3-5-10/h1-7,9,14H,8,17H2,(H,18,19)(H,20,21). The minimum atomic E-state index is -1.17. The van der Waals surface area contributed by atoms with Crippen LogP contribution in [0.1, 0.15) is 33.1 Å². The van der Waals surface area contributed by atoms with Crippen LogP contribution in [0.4, 0.5) is 0 Å². The zero-order chi connectivity index (χ0) is 15.4. The molecule has 21 heavy (non-hydrogen) atoms. The van der Waals surface area contributed by atoms with E-state index in [-0.39, 0.29) is 5.56 Å². The van der Waals surface area contributed by atoms with E-state index in [0.717, 1.165) is 5.56 Å². The van der Waals surface area contributed by atoms with Gasteiger partial charge >= 0.3 is 11.9 Å². The first kappa shape index (κ1) is 14.7. The third-order valence-electron chi connectivity index (χ3n) is 3.23. The number of rotatable bonds is 5. The van der Waals surface area contributed by atoms with Crippen molar-refractivity contribution in [2.75, 3.05) is 0 Å². The second kappa shape index (κ2) is 6.19. The Bertz CT molecular complexity index is 667. The van der Waals surface area contributed by atoms with Gasteiger partial charge in [0.05, 0.1) is 5.56 Å². The van der Waals surface area contributed by atoms with E-state index in [2.05, 4.69) is 0 Å². The maximum Gasteiger partial charge on any atom is 0.335 e. The Labute approximate surface area is 121 Å². The number of aromatic carboxylic acids is 1. The number of aliphatic carboxylic acids is 1. The minimum absolute atomic E-state index is 0.113. The van der Waals surface area contributed by atoms with Crippen molar-refractivity contribution in [1.82, 2.24) is 0 Å². The molecular formula is C16H15NO4. The SMILES string of the molecule is NC(C(=O)O)c1ccc(C(=O)O)cc1Cc1ccccc1. The van der Waals surface area contributed by atoms with E-state index < -0.39 is 18.0 Å². The van der Waals surface area contributed by atoms with Gasteiger partial charge in [-0.3, -0.25) is 4.79 Å². The Balaban J connectivity index is 2.45. The van der Waals surface area contributed by atoms with Crippen LogP contribution in [-0.4, -0.2) is 22.2 Å². The Morgan fingerprint density at radius 3 is 2.29 bits per heavy atom. The van der Waals surface area contributed by atoms with Gasteiger partial charge in [0.25, 0.3) is 0 Å². The van der Waals surface area contributed by atoms with E-state index in [4.69, 9.17) is 15.9 Å². The van der Waals surface area contributed by atoms with Crippen molar-refractivity contribution >= 4 is 11.9 Å². The zero-order valence-corrected chi connectivity index (χ0v) is 11.2. The molecule has 1 atom stereocenters. The average molecular weight is 285 g/mol. The molecule has 4 N–H and O–H groups in total. The summed E-state index contributed by atoms with van der Waals surface area (Å²) in [7, 11) is 0. The molecule has 2 rings (SSSR count). The predicted molar refractivity (Wildman–Crippen MR) is 77.2 cm³/mol. The Hall–Kier alpha value is -2.66. The highest BCUT2D eigenvalue weighted by atomic mass is 16.4. The molecule has 0 spiro atoms. The highest BCUT2D eigenvalue weighted by Gasteiger charge is 2.19. The quantitative estimate of drug-likeness (QED) is 0.780. The van der Waals surface area contributed by atoms with Crippen molar-refractivity contribution in [2.24, 2.45) is 5.73 Å². The highest BCUT2D eigenvalue weighted by Crippen LogP contribution is 2.22. The number of carboxylic acid groups (broad SMARTS) is 2. The number of carboxylic acids is 2. The number of hydrogen-bond acceptors (Lipinski definition) is 3. The molecule has 0 radical (unpaired) electrons. The third-order valence-corrected chi connectivity index (χ3v) is 3.23. The molecule has 0 aliphatic heterocycles. The molecule has 0 fully saturated rings. The summed E-state index contributed by atoms with van der Waals surface area (Å²) in [6.45, 7) is 0. The topological polar surface area (TPSA) is 101 Å². The van der Waals surface area contributed by atoms with Crippen LogP contribution in [0, 0.1) is 0 Å². The molecule has 1 unspecified atom stereocenters. The van der Waals surface area contributed by atoms with Gasteiger partial charge in [-0.2, -0.15) is 0 Å². The molecule has 0 aliphatic rings. The molecule has 0 saturated heterocycles. The fourth-order valence-electron chi connectivity index (χ4n) is 2.14. The molecule has 0 heterocycles. The lowest BCUT2D eigenvalue weighted by Gasteiger charge is -2.14. The van der Waals surface area contributed by atoms with Crippen molar-refractivity contribution in [3.8, 4) is 0 Å². The van der Waals surface area contributed by atoms with Gasteiger partial charge in [0.1, 0.15) is 6.04 Å². The van der Waals surface area contributed by atoms with Crippen LogP contribution in [0.2, 0.25) is 0 Å². The van der Waals surface area contributed by atoms with Gasteiger partial charge in [-0.05, 0) is 35.2 Å². The van der Waals surface area contributed by atoms with Crippen molar-refractivity contribution in [3.63, 3.8) is 0 Å². The van der Waals surface area contributed by atoms with Crippen molar-refractivity contribution in [2.45, 2.75) is 12.5 Å². The van der Waals surface area contributed by atoms with Crippen LogP contribution >= 0.6 is 0 Å².